The van der Waals surface area contributed by atoms with Crippen molar-refractivity contribution in [3.8, 4) is 11.8 Å². The first kappa shape index (κ1) is 23.7. The van der Waals surface area contributed by atoms with Crippen molar-refractivity contribution in [1.82, 2.24) is 0 Å². The number of hydrogen-bond acceptors (Lipinski definition) is 4. The third-order valence-corrected chi connectivity index (χ3v) is 7.84. The third kappa shape index (κ3) is 5.54. The summed E-state index contributed by atoms with van der Waals surface area (Å²) < 4.78 is 20.1. The molecule has 0 saturated carbocycles. The Balaban J connectivity index is 1.58. The molecule has 0 amide bonds. The molecule has 0 spiro atoms. The van der Waals surface area contributed by atoms with Crippen LogP contribution in [0.5, 0.6) is 5.75 Å². The Labute approximate surface area is 207 Å². The van der Waals surface area contributed by atoms with Crippen LogP contribution in [0.3, 0.4) is 0 Å². The monoisotopic (exact) mass is 524 g/mol. The molecular weight excluding hydrogens is 499 g/mol. The van der Waals surface area contributed by atoms with Crippen molar-refractivity contribution < 1.29 is 9.13 Å². The molecule has 0 bridgehead atoms. The van der Waals surface area contributed by atoms with Crippen LogP contribution >= 0.6 is 27.3 Å². The second kappa shape index (κ2) is 9.79. The molecule has 1 aliphatic rings. The average Bonchev–Trinajstić information content (AvgIpc) is 3.14. The molecule has 3 nitrogen and oxygen atoms in total. The first-order chi connectivity index (χ1) is 15.7. The molecule has 33 heavy (non-hydrogen) atoms. The van der Waals surface area contributed by atoms with Gasteiger partial charge in [0.05, 0.1) is 5.56 Å². The number of nitriles is 1. The quantitative estimate of drug-likeness (QED) is 0.317. The number of aliphatic imine (C=N–C) groups is 1. The summed E-state index contributed by atoms with van der Waals surface area (Å²) in [5, 5.41) is 10.6. The van der Waals surface area contributed by atoms with Crippen LogP contribution in [0.4, 0.5) is 9.39 Å². The smallest absolute Gasteiger partial charge is 0.134 e. The van der Waals surface area contributed by atoms with Gasteiger partial charge in [0.25, 0.3) is 0 Å². The fraction of sp³-hybridized carbons (Fsp3) is 0.333. The minimum Gasteiger partial charge on any atom is -0.488 e. The normalized spacial score (nSPS) is 15.9. The van der Waals surface area contributed by atoms with Crippen LogP contribution in [0.15, 0.2) is 51.9 Å². The first-order valence-corrected chi connectivity index (χ1v) is 12.6. The van der Waals surface area contributed by atoms with Crippen molar-refractivity contribution in [2.45, 2.75) is 46.6 Å². The van der Waals surface area contributed by atoms with Gasteiger partial charge in [-0.25, -0.2) is 9.38 Å². The highest BCUT2D eigenvalue weighted by atomic mass is 79.9. The highest BCUT2D eigenvalue weighted by molar-refractivity contribution is 9.10. The van der Waals surface area contributed by atoms with E-state index in [1.807, 2.05) is 18.2 Å². The first-order valence-electron chi connectivity index (χ1n) is 11.0. The number of halogens is 2. The Morgan fingerprint density at radius 1 is 1.24 bits per heavy atom. The van der Waals surface area contributed by atoms with Gasteiger partial charge in [-0.05, 0) is 72.1 Å². The summed E-state index contributed by atoms with van der Waals surface area (Å²) in [6.07, 6.45) is 4.83. The molecule has 0 radical (unpaired) electrons. The van der Waals surface area contributed by atoms with Crippen LogP contribution in [0, 0.1) is 28.5 Å². The summed E-state index contributed by atoms with van der Waals surface area (Å²) in [5.41, 5.74) is 3.84. The van der Waals surface area contributed by atoms with Gasteiger partial charge in [0.2, 0.25) is 0 Å². The predicted molar refractivity (Wildman–Crippen MR) is 136 cm³/mol. The number of benzene rings is 2. The van der Waals surface area contributed by atoms with E-state index in [1.165, 1.54) is 22.6 Å². The Kier molecular flexibility index (Phi) is 7.02. The standard InChI is InChI=1S/C27H26BrFN2OS/c1-27(2,3)19-6-10-22-23(14-30)26(33-25(22)13-19)31-15-18-12-20(28)7-11-24(18)32-16-17-4-8-21(29)9-5-17/h4-5,7-9,11-12,15,19H,6,10,13,16H2,1-3H3/t19-/m0/s1. The van der Waals surface area contributed by atoms with Gasteiger partial charge >= 0.3 is 0 Å². The van der Waals surface area contributed by atoms with Crippen molar-refractivity contribution in [3.63, 3.8) is 0 Å². The Morgan fingerprint density at radius 2 is 2.00 bits per heavy atom. The molecule has 170 valence electrons. The highest BCUT2D eigenvalue weighted by Crippen LogP contribution is 2.45. The number of hydrogen-bond donors (Lipinski definition) is 0. The largest absolute Gasteiger partial charge is 0.488 e. The Bertz CT molecular complexity index is 1220. The van der Waals surface area contributed by atoms with E-state index in [0.29, 0.717) is 23.8 Å². The van der Waals surface area contributed by atoms with Gasteiger partial charge in [0, 0.05) is 21.1 Å². The second-order valence-electron chi connectivity index (χ2n) is 9.46. The highest BCUT2D eigenvalue weighted by Gasteiger charge is 2.32. The summed E-state index contributed by atoms with van der Waals surface area (Å²) in [4.78, 5) is 6.03. The molecule has 1 heterocycles. The lowest BCUT2D eigenvalue weighted by Crippen LogP contribution is -2.26. The zero-order chi connectivity index (χ0) is 23.6. The van der Waals surface area contributed by atoms with E-state index in [-0.39, 0.29) is 11.2 Å². The molecular formula is C27H26BrFN2OS. The maximum Gasteiger partial charge on any atom is 0.134 e. The minimum atomic E-state index is -0.268. The van der Waals surface area contributed by atoms with E-state index >= 15 is 0 Å². The molecule has 1 aliphatic carbocycles. The van der Waals surface area contributed by atoms with E-state index in [2.05, 4.69) is 42.8 Å². The molecule has 0 aliphatic heterocycles. The van der Waals surface area contributed by atoms with Crippen LogP contribution in [-0.2, 0) is 19.4 Å². The van der Waals surface area contributed by atoms with E-state index in [4.69, 9.17) is 9.73 Å². The molecule has 3 aromatic rings. The topological polar surface area (TPSA) is 45.4 Å². The minimum absolute atomic E-state index is 0.255. The second-order valence-corrected chi connectivity index (χ2v) is 11.5. The Hall–Kier alpha value is -2.49. The molecule has 1 atom stereocenters. The van der Waals surface area contributed by atoms with E-state index in [1.54, 1.807) is 29.7 Å². The summed E-state index contributed by atoms with van der Waals surface area (Å²) in [6.45, 7) is 7.21. The molecule has 2 aromatic carbocycles. The number of ether oxygens (including phenoxy) is 1. The molecule has 0 unspecified atom stereocenters. The lowest BCUT2D eigenvalue weighted by Gasteiger charge is -2.33. The average molecular weight is 525 g/mol. The van der Waals surface area contributed by atoms with Crippen molar-refractivity contribution in [1.29, 1.82) is 5.26 Å². The molecule has 4 rings (SSSR count). The summed E-state index contributed by atoms with van der Waals surface area (Å²) in [5.74, 6) is 1.03. The van der Waals surface area contributed by atoms with E-state index < -0.39 is 0 Å². The van der Waals surface area contributed by atoms with Crippen LogP contribution < -0.4 is 4.74 Å². The zero-order valence-corrected chi connectivity index (χ0v) is 21.4. The fourth-order valence-corrected chi connectivity index (χ4v) is 5.74. The summed E-state index contributed by atoms with van der Waals surface area (Å²) in [7, 11) is 0. The lowest BCUT2D eigenvalue weighted by molar-refractivity contribution is 0.218. The third-order valence-electron chi connectivity index (χ3n) is 6.18. The number of rotatable bonds is 5. The maximum atomic E-state index is 13.2. The number of fused-ring (bicyclic) bond motifs is 1. The maximum absolute atomic E-state index is 13.2. The van der Waals surface area contributed by atoms with Gasteiger partial charge in [0.15, 0.2) is 0 Å². The van der Waals surface area contributed by atoms with Crippen molar-refractivity contribution >= 4 is 38.5 Å². The molecule has 0 fully saturated rings. The molecule has 0 saturated heterocycles. The molecule has 6 heteroatoms. The Morgan fingerprint density at radius 3 is 2.70 bits per heavy atom. The zero-order valence-electron chi connectivity index (χ0n) is 19.0. The predicted octanol–water partition coefficient (Wildman–Crippen LogP) is 8.00. The van der Waals surface area contributed by atoms with Gasteiger partial charge in [-0.2, -0.15) is 5.26 Å². The molecule has 0 N–H and O–H groups in total. The summed E-state index contributed by atoms with van der Waals surface area (Å²) in [6, 6.07) is 14.4. The van der Waals surface area contributed by atoms with Crippen molar-refractivity contribution in [2.75, 3.05) is 0 Å². The van der Waals surface area contributed by atoms with Crippen LogP contribution in [0.2, 0.25) is 0 Å². The van der Waals surface area contributed by atoms with Crippen LogP contribution in [0.25, 0.3) is 0 Å². The van der Waals surface area contributed by atoms with E-state index in [9.17, 15) is 9.65 Å². The van der Waals surface area contributed by atoms with Gasteiger partial charge in [0.1, 0.15) is 29.2 Å². The van der Waals surface area contributed by atoms with Crippen molar-refractivity contribution in [2.24, 2.45) is 16.3 Å². The van der Waals surface area contributed by atoms with Gasteiger partial charge in [-0.15, -0.1) is 11.3 Å². The number of thiophene rings is 1. The van der Waals surface area contributed by atoms with E-state index in [0.717, 1.165) is 39.9 Å². The number of nitrogens with zero attached hydrogens (tertiary/aromatic N) is 2. The van der Waals surface area contributed by atoms with Gasteiger partial charge in [-0.3, -0.25) is 0 Å². The van der Waals surface area contributed by atoms with Gasteiger partial charge < -0.3 is 4.74 Å². The summed E-state index contributed by atoms with van der Waals surface area (Å²) >= 11 is 5.16. The van der Waals surface area contributed by atoms with Crippen LogP contribution in [-0.4, -0.2) is 6.21 Å². The van der Waals surface area contributed by atoms with Gasteiger partial charge in [-0.1, -0.05) is 48.8 Å². The lowest BCUT2D eigenvalue weighted by atomic mass is 9.72. The van der Waals surface area contributed by atoms with Crippen LogP contribution in [0.1, 0.15) is 54.3 Å². The van der Waals surface area contributed by atoms with Crippen molar-refractivity contribution in [3.05, 3.63) is 79.9 Å². The molecule has 1 aromatic heterocycles. The fourth-order valence-electron chi connectivity index (χ4n) is 4.14. The SMILES string of the molecule is CC(C)(C)[C@H]1CCc2c(sc(N=Cc3cc(Br)ccc3OCc3ccc(F)cc3)c2C#N)C1.